The summed E-state index contributed by atoms with van der Waals surface area (Å²) in [7, 11) is 0. The lowest BCUT2D eigenvalue weighted by Crippen LogP contribution is -2.47. The first-order valence-electron chi connectivity index (χ1n) is 10.3. The van der Waals surface area contributed by atoms with Crippen LogP contribution in [0.3, 0.4) is 0 Å². The highest BCUT2D eigenvalue weighted by atomic mass is 16.2. The van der Waals surface area contributed by atoms with Crippen LogP contribution in [0.4, 0.5) is 0 Å². The van der Waals surface area contributed by atoms with Gasteiger partial charge >= 0.3 is 0 Å². The molecule has 1 aliphatic heterocycles. The van der Waals surface area contributed by atoms with Crippen molar-refractivity contribution in [2.24, 2.45) is 5.92 Å². The van der Waals surface area contributed by atoms with E-state index in [9.17, 15) is 9.59 Å². The molecule has 5 nitrogen and oxygen atoms in total. The van der Waals surface area contributed by atoms with Gasteiger partial charge in [-0.15, -0.1) is 0 Å². The van der Waals surface area contributed by atoms with Gasteiger partial charge in [-0.25, -0.2) is 0 Å². The van der Waals surface area contributed by atoms with Crippen LogP contribution < -0.4 is 5.32 Å². The van der Waals surface area contributed by atoms with Gasteiger partial charge in [0.15, 0.2) is 0 Å². The van der Waals surface area contributed by atoms with E-state index in [-0.39, 0.29) is 17.7 Å². The van der Waals surface area contributed by atoms with Crippen LogP contribution in [0.1, 0.15) is 50.5 Å². The number of carbonyl (C=O) groups is 2. The molecule has 2 heterocycles. The van der Waals surface area contributed by atoms with Gasteiger partial charge in [0.2, 0.25) is 11.8 Å². The highest BCUT2D eigenvalue weighted by molar-refractivity contribution is 5.84. The second-order valence-corrected chi connectivity index (χ2v) is 8.03. The van der Waals surface area contributed by atoms with Crippen LogP contribution in [-0.2, 0) is 16.0 Å². The molecule has 0 radical (unpaired) electrons. The predicted octanol–water partition coefficient (Wildman–Crippen LogP) is 3.40. The molecular formula is C22H29N3O2. The molecule has 2 amide bonds. The maximum absolute atomic E-state index is 12.7. The Balaban J connectivity index is 1.31. The van der Waals surface area contributed by atoms with E-state index in [1.165, 1.54) is 23.8 Å². The number of H-pyrrole nitrogens is 1. The van der Waals surface area contributed by atoms with Crippen molar-refractivity contribution in [1.82, 2.24) is 15.2 Å². The van der Waals surface area contributed by atoms with Gasteiger partial charge in [0.25, 0.3) is 0 Å². The fraction of sp³-hybridized carbons (Fsp3) is 0.545. The van der Waals surface area contributed by atoms with Crippen molar-refractivity contribution in [2.45, 2.75) is 57.4 Å². The van der Waals surface area contributed by atoms with E-state index in [1.54, 1.807) is 0 Å². The predicted molar refractivity (Wildman–Crippen MR) is 106 cm³/mol. The fourth-order valence-corrected chi connectivity index (χ4v) is 4.55. The second-order valence-electron chi connectivity index (χ2n) is 8.03. The number of nitrogens with one attached hydrogen (secondary N) is 2. The largest absolute Gasteiger partial charge is 0.361 e. The number of para-hydroxylation sites is 1. The van der Waals surface area contributed by atoms with Gasteiger partial charge in [-0.2, -0.15) is 0 Å². The monoisotopic (exact) mass is 367 g/mol. The van der Waals surface area contributed by atoms with Gasteiger partial charge in [-0.3, -0.25) is 9.59 Å². The molecule has 1 saturated heterocycles. The summed E-state index contributed by atoms with van der Waals surface area (Å²) in [6.07, 6.45) is 9.69. The van der Waals surface area contributed by atoms with E-state index in [1.807, 2.05) is 23.2 Å². The topological polar surface area (TPSA) is 65.2 Å². The molecule has 0 unspecified atom stereocenters. The lowest BCUT2D eigenvalue weighted by atomic mass is 9.96. The molecule has 0 spiro atoms. The highest BCUT2D eigenvalue weighted by Gasteiger charge is 2.29. The zero-order valence-corrected chi connectivity index (χ0v) is 15.9. The average Bonchev–Trinajstić information content (AvgIpc) is 3.36. The van der Waals surface area contributed by atoms with Gasteiger partial charge in [0, 0.05) is 42.7 Å². The van der Waals surface area contributed by atoms with Crippen molar-refractivity contribution in [3.8, 4) is 0 Å². The number of aryl methyl sites for hydroxylation is 1. The lowest BCUT2D eigenvalue weighted by Gasteiger charge is -2.32. The number of nitrogens with zero attached hydrogens (tertiary/aromatic N) is 1. The Morgan fingerprint density at radius 2 is 1.93 bits per heavy atom. The van der Waals surface area contributed by atoms with Crippen molar-refractivity contribution in [3.63, 3.8) is 0 Å². The smallest absolute Gasteiger partial charge is 0.225 e. The Morgan fingerprint density at radius 1 is 1.11 bits per heavy atom. The molecule has 1 atom stereocenters. The third kappa shape index (κ3) is 4.18. The summed E-state index contributed by atoms with van der Waals surface area (Å²) < 4.78 is 0. The number of aromatic amines is 1. The van der Waals surface area contributed by atoms with Gasteiger partial charge in [-0.05, 0) is 43.7 Å². The van der Waals surface area contributed by atoms with Gasteiger partial charge < -0.3 is 15.2 Å². The van der Waals surface area contributed by atoms with Crippen molar-refractivity contribution in [1.29, 1.82) is 0 Å². The minimum absolute atomic E-state index is 0.0450. The molecule has 1 aliphatic carbocycles. The minimum atomic E-state index is -0.0450. The minimum Gasteiger partial charge on any atom is -0.361 e. The number of aromatic nitrogens is 1. The van der Waals surface area contributed by atoms with E-state index in [2.05, 4.69) is 22.4 Å². The molecule has 4 rings (SSSR count). The Morgan fingerprint density at radius 3 is 2.78 bits per heavy atom. The number of hydrogen-bond donors (Lipinski definition) is 2. The van der Waals surface area contributed by atoms with E-state index >= 15 is 0 Å². The van der Waals surface area contributed by atoms with Crippen LogP contribution in [0.5, 0.6) is 0 Å². The number of rotatable bonds is 5. The van der Waals surface area contributed by atoms with Crippen molar-refractivity contribution < 1.29 is 9.59 Å². The first-order chi connectivity index (χ1) is 13.2. The quantitative estimate of drug-likeness (QED) is 0.851. The summed E-state index contributed by atoms with van der Waals surface area (Å²) in [6, 6.07) is 8.54. The zero-order valence-electron chi connectivity index (χ0n) is 15.9. The summed E-state index contributed by atoms with van der Waals surface area (Å²) in [5.74, 6) is 0.270. The van der Waals surface area contributed by atoms with Crippen LogP contribution in [0, 0.1) is 5.92 Å². The Labute approximate surface area is 160 Å². The molecule has 1 aromatic heterocycles. The molecule has 1 aromatic carbocycles. The maximum Gasteiger partial charge on any atom is 0.225 e. The summed E-state index contributed by atoms with van der Waals surface area (Å²) in [5, 5.41) is 4.39. The summed E-state index contributed by atoms with van der Waals surface area (Å²) in [4.78, 5) is 30.5. The van der Waals surface area contributed by atoms with Crippen LogP contribution in [0.15, 0.2) is 30.5 Å². The van der Waals surface area contributed by atoms with Crippen molar-refractivity contribution >= 4 is 22.7 Å². The Bertz CT molecular complexity index is 807. The molecule has 1 saturated carbocycles. The summed E-state index contributed by atoms with van der Waals surface area (Å²) >= 11 is 0. The third-order valence-corrected chi connectivity index (χ3v) is 6.13. The number of likely N-dealkylation sites (tertiary alicyclic amines) is 1. The molecule has 144 valence electrons. The van der Waals surface area contributed by atoms with Crippen LogP contribution in [-0.4, -0.2) is 40.8 Å². The molecule has 2 N–H and O–H groups in total. The first-order valence-corrected chi connectivity index (χ1v) is 10.3. The van der Waals surface area contributed by atoms with Crippen LogP contribution >= 0.6 is 0 Å². The van der Waals surface area contributed by atoms with Crippen LogP contribution in [0.2, 0.25) is 0 Å². The third-order valence-electron chi connectivity index (χ3n) is 6.13. The van der Waals surface area contributed by atoms with Crippen molar-refractivity contribution in [2.75, 3.05) is 13.1 Å². The number of hydrogen-bond acceptors (Lipinski definition) is 2. The fourth-order valence-electron chi connectivity index (χ4n) is 4.55. The van der Waals surface area contributed by atoms with E-state index in [0.717, 1.165) is 44.2 Å². The van der Waals surface area contributed by atoms with E-state index in [4.69, 9.17) is 0 Å². The first kappa shape index (κ1) is 18.1. The van der Waals surface area contributed by atoms with Crippen molar-refractivity contribution in [3.05, 3.63) is 36.0 Å². The summed E-state index contributed by atoms with van der Waals surface area (Å²) in [5.41, 5.74) is 2.30. The molecule has 2 fully saturated rings. The molecule has 27 heavy (non-hydrogen) atoms. The van der Waals surface area contributed by atoms with Gasteiger partial charge in [-0.1, -0.05) is 31.0 Å². The maximum atomic E-state index is 12.7. The number of fused-ring (bicyclic) bond motifs is 1. The molecule has 0 bridgehead atoms. The van der Waals surface area contributed by atoms with E-state index in [0.29, 0.717) is 19.0 Å². The lowest BCUT2D eigenvalue weighted by molar-refractivity contribution is -0.135. The Kier molecular flexibility index (Phi) is 5.46. The standard InChI is InChI=1S/C22H29N3O2/c26-21(12-11-16-14-23-20-10-4-3-9-19(16)20)25-13-5-6-17(15-25)22(27)24-18-7-1-2-8-18/h3-4,9-10,14,17-18,23H,1-2,5-8,11-13,15H2,(H,24,27)/t17-/m0/s1. The Hall–Kier alpha value is -2.30. The molecule has 5 heteroatoms. The number of piperidine rings is 1. The van der Waals surface area contributed by atoms with E-state index < -0.39 is 0 Å². The van der Waals surface area contributed by atoms with Crippen LogP contribution in [0.25, 0.3) is 10.9 Å². The molecular weight excluding hydrogens is 338 g/mol. The number of amides is 2. The number of carbonyl (C=O) groups excluding carboxylic acids is 2. The highest BCUT2D eigenvalue weighted by Crippen LogP contribution is 2.23. The zero-order chi connectivity index (χ0) is 18.6. The number of benzene rings is 1. The van der Waals surface area contributed by atoms with Gasteiger partial charge in [0.05, 0.1) is 5.92 Å². The van der Waals surface area contributed by atoms with Gasteiger partial charge in [0.1, 0.15) is 0 Å². The normalized spacial score (nSPS) is 20.9. The molecule has 2 aliphatic rings. The average molecular weight is 367 g/mol. The summed E-state index contributed by atoms with van der Waals surface area (Å²) in [6.45, 7) is 1.35. The SMILES string of the molecule is O=C(NC1CCCC1)[C@H]1CCCN(C(=O)CCc2c[nH]c3ccccc23)C1. The second kappa shape index (κ2) is 8.15. The molecule has 2 aromatic rings.